The summed E-state index contributed by atoms with van der Waals surface area (Å²) in [6.07, 6.45) is 0. The van der Waals surface area contributed by atoms with Gasteiger partial charge < -0.3 is 9.15 Å². The average molecular weight is 276 g/mol. The Morgan fingerprint density at radius 2 is 1.95 bits per heavy atom. The minimum Gasteiger partial charge on any atom is -0.491 e. The Bertz CT molecular complexity index is 868. The lowest BCUT2D eigenvalue weighted by molar-refractivity contribution is 0.321. The minimum atomic E-state index is -0.904. The first-order chi connectivity index (χ1) is 9.63. The monoisotopic (exact) mass is 276 g/mol. The van der Waals surface area contributed by atoms with Crippen molar-refractivity contribution in [1.82, 2.24) is 0 Å². The summed E-state index contributed by atoms with van der Waals surface area (Å²) in [5.74, 6) is -1.45. The SMILES string of the molecule is CCOc1ccc2c(oc(=O)c3c(F)cccc32)c1F. The van der Waals surface area contributed by atoms with Gasteiger partial charge in [0.25, 0.3) is 0 Å². The molecular weight excluding hydrogens is 266 g/mol. The van der Waals surface area contributed by atoms with Crippen LogP contribution >= 0.6 is 0 Å². The van der Waals surface area contributed by atoms with Crippen LogP contribution in [0.5, 0.6) is 5.75 Å². The summed E-state index contributed by atoms with van der Waals surface area (Å²) in [7, 11) is 0. The molecule has 0 unspecified atom stereocenters. The van der Waals surface area contributed by atoms with Crippen LogP contribution < -0.4 is 10.4 Å². The molecule has 1 aromatic heterocycles. The van der Waals surface area contributed by atoms with Crippen LogP contribution in [0.3, 0.4) is 0 Å². The fourth-order valence-electron chi connectivity index (χ4n) is 2.22. The lowest BCUT2D eigenvalue weighted by Gasteiger charge is -2.08. The van der Waals surface area contributed by atoms with Crippen LogP contribution in [-0.2, 0) is 0 Å². The van der Waals surface area contributed by atoms with E-state index in [0.717, 1.165) is 6.07 Å². The lowest BCUT2D eigenvalue weighted by atomic mass is 10.1. The van der Waals surface area contributed by atoms with Gasteiger partial charge in [0.2, 0.25) is 5.82 Å². The van der Waals surface area contributed by atoms with Crippen LogP contribution in [0.4, 0.5) is 8.78 Å². The molecule has 0 spiro atoms. The van der Waals surface area contributed by atoms with Gasteiger partial charge in [0.05, 0.1) is 6.61 Å². The van der Waals surface area contributed by atoms with E-state index in [0.29, 0.717) is 10.8 Å². The van der Waals surface area contributed by atoms with Crippen molar-refractivity contribution in [2.75, 3.05) is 6.61 Å². The first kappa shape index (κ1) is 12.6. The average Bonchev–Trinajstić information content (AvgIpc) is 2.43. The van der Waals surface area contributed by atoms with E-state index >= 15 is 0 Å². The van der Waals surface area contributed by atoms with Crippen molar-refractivity contribution in [3.05, 3.63) is 52.4 Å². The van der Waals surface area contributed by atoms with Crippen molar-refractivity contribution < 1.29 is 17.9 Å². The summed E-state index contributed by atoms with van der Waals surface area (Å²) >= 11 is 0. The molecule has 0 aliphatic rings. The predicted octanol–water partition coefficient (Wildman–Crippen LogP) is 3.62. The smallest absolute Gasteiger partial charge is 0.347 e. The van der Waals surface area contributed by atoms with E-state index < -0.39 is 17.3 Å². The van der Waals surface area contributed by atoms with E-state index in [-0.39, 0.29) is 23.3 Å². The van der Waals surface area contributed by atoms with Crippen LogP contribution in [0.1, 0.15) is 6.92 Å². The zero-order chi connectivity index (χ0) is 14.3. The molecule has 0 aliphatic heterocycles. The summed E-state index contributed by atoms with van der Waals surface area (Å²) in [5.41, 5.74) is -1.13. The summed E-state index contributed by atoms with van der Waals surface area (Å²) < 4.78 is 37.9. The highest BCUT2D eigenvalue weighted by molar-refractivity contribution is 6.04. The van der Waals surface area contributed by atoms with E-state index in [4.69, 9.17) is 9.15 Å². The normalized spacial score (nSPS) is 11.2. The first-order valence-corrected chi connectivity index (χ1v) is 6.09. The molecule has 0 fully saturated rings. The van der Waals surface area contributed by atoms with Gasteiger partial charge in [0.15, 0.2) is 11.3 Å². The summed E-state index contributed by atoms with van der Waals surface area (Å²) in [6, 6.07) is 7.16. The summed E-state index contributed by atoms with van der Waals surface area (Å²) in [5, 5.41) is 0.474. The van der Waals surface area contributed by atoms with E-state index in [2.05, 4.69) is 0 Å². The lowest BCUT2D eigenvalue weighted by Crippen LogP contribution is -2.04. The number of fused-ring (bicyclic) bond motifs is 3. The zero-order valence-corrected chi connectivity index (χ0v) is 10.6. The molecule has 0 saturated carbocycles. The highest BCUT2D eigenvalue weighted by atomic mass is 19.1. The Morgan fingerprint density at radius 1 is 1.15 bits per heavy atom. The van der Waals surface area contributed by atoms with Crippen LogP contribution in [0.15, 0.2) is 39.5 Å². The molecule has 20 heavy (non-hydrogen) atoms. The number of ether oxygens (including phenoxy) is 1. The van der Waals surface area contributed by atoms with Gasteiger partial charge in [-0.05, 0) is 25.1 Å². The highest BCUT2D eigenvalue weighted by Crippen LogP contribution is 2.30. The van der Waals surface area contributed by atoms with E-state index in [1.165, 1.54) is 12.1 Å². The second kappa shape index (κ2) is 4.59. The highest BCUT2D eigenvalue weighted by Gasteiger charge is 2.16. The number of hydrogen-bond acceptors (Lipinski definition) is 3. The van der Waals surface area contributed by atoms with Gasteiger partial charge >= 0.3 is 5.63 Å². The van der Waals surface area contributed by atoms with Crippen LogP contribution in [0, 0.1) is 11.6 Å². The molecule has 0 atom stereocenters. The Morgan fingerprint density at radius 3 is 2.70 bits per heavy atom. The number of benzene rings is 2. The predicted molar refractivity (Wildman–Crippen MR) is 71.1 cm³/mol. The zero-order valence-electron chi connectivity index (χ0n) is 10.6. The maximum Gasteiger partial charge on any atom is 0.347 e. The maximum atomic E-state index is 14.2. The second-order valence-electron chi connectivity index (χ2n) is 4.24. The van der Waals surface area contributed by atoms with Crippen LogP contribution in [-0.4, -0.2) is 6.61 Å². The van der Waals surface area contributed by atoms with E-state index in [1.807, 2.05) is 0 Å². The Kier molecular flexibility index (Phi) is 2.89. The summed E-state index contributed by atoms with van der Waals surface area (Å²) in [6.45, 7) is 2.00. The van der Waals surface area contributed by atoms with E-state index in [1.54, 1.807) is 19.1 Å². The van der Waals surface area contributed by atoms with Crippen molar-refractivity contribution in [2.45, 2.75) is 6.92 Å². The second-order valence-corrected chi connectivity index (χ2v) is 4.24. The maximum absolute atomic E-state index is 14.2. The molecule has 1 heterocycles. The van der Waals surface area contributed by atoms with Crippen molar-refractivity contribution in [3.8, 4) is 5.75 Å². The number of halogens is 2. The quantitative estimate of drug-likeness (QED) is 0.530. The first-order valence-electron chi connectivity index (χ1n) is 6.09. The largest absolute Gasteiger partial charge is 0.491 e. The minimum absolute atomic E-state index is 0.00102. The molecule has 2 aromatic carbocycles. The molecule has 3 rings (SSSR count). The van der Waals surface area contributed by atoms with Gasteiger partial charge in [-0.2, -0.15) is 4.39 Å². The fourth-order valence-corrected chi connectivity index (χ4v) is 2.22. The van der Waals surface area contributed by atoms with Gasteiger partial charge in [-0.1, -0.05) is 12.1 Å². The van der Waals surface area contributed by atoms with Crippen molar-refractivity contribution >= 4 is 21.7 Å². The molecule has 0 bridgehead atoms. The Hall–Kier alpha value is -2.43. The van der Waals surface area contributed by atoms with Gasteiger partial charge in [-0.25, -0.2) is 9.18 Å². The third-order valence-electron chi connectivity index (χ3n) is 3.06. The Balaban J connectivity index is 2.49. The topological polar surface area (TPSA) is 39.4 Å². The molecule has 5 heteroatoms. The van der Waals surface area contributed by atoms with Crippen molar-refractivity contribution in [3.63, 3.8) is 0 Å². The Labute approximate surface area is 112 Å². The molecule has 0 saturated heterocycles. The standard InChI is InChI=1S/C15H10F2O3/c1-2-19-11-7-6-9-8-4-3-5-10(16)12(8)15(18)20-14(9)13(11)17/h3-7H,2H2,1H3. The van der Waals surface area contributed by atoms with Gasteiger partial charge in [0.1, 0.15) is 11.2 Å². The number of rotatable bonds is 2. The molecular formula is C15H10F2O3. The van der Waals surface area contributed by atoms with Gasteiger partial charge in [-0.15, -0.1) is 0 Å². The molecule has 0 aliphatic carbocycles. The van der Waals surface area contributed by atoms with E-state index in [9.17, 15) is 13.6 Å². The third kappa shape index (κ3) is 1.74. The molecule has 0 N–H and O–H groups in total. The molecule has 0 radical (unpaired) electrons. The van der Waals surface area contributed by atoms with Crippen LogP contribution in [0.25, 0.3) is 21.7 Å². The van der Waals surface area contributed by atoms with Gasteiger partial charge in [0, 0.05) is 10.8 Å². The molecule has 3 nitrogen and oxygen atoms in total. The summed E-state index contributed by atoms with van der Waals surface area (Å²) in [4.78, 5) is 11.8. The number of hydrogen-bond donors (Lipinski definition) is 0. The molecule has 3 aromatic rings. The van der Waals surface area contributed by atoms with Crippen molar-refractivity contribution in [2.24, 2.45) is 0 Å². The molecule has 102 valence electrons. The fraction of sp³-hybridized carbons (Fsp3) is 0.133. The van der Waals surface area contributed by atoms with Gasteiger partial charge in [-0.3, -0.25) is 0 Å². The third-order valence-corrected chi connectivity index (χ3v) is 3.06. The molecule has 0 amide bonds. The van der Waals surface area contributed by atoms with Crippen molar-refractivity contribution in [1.29, 1.82) is 0 Å². The van der Waals surface area contributed by atoms with Crippen LogP contribution in [0.2, 0.25) is 0 Å².